The summed E-state index contributed by atoms with van der Waals surface area (Å²) in [7, 11) is -3.40. The van der Waals surface area contributed by atoms with Gasteiger partial charge in [0.25, 0.3) is 0 Å². The lowest BCUT2D eigenvalue weighted by Gasteiger charge is -2.31. The molecule has 1 aliphatic heterocycles. The highest BCUT2D eigenvalue weighted by Crippen LogP contribution is 2.32. The van der Waals surface area contributed by atoms with Crippen molar-refractivity contribution in [3.05, 3.63) is 29.3 Å². The minimum Gasteiger partial charge on any atom is -0.478 e. The van der Waals surface area contributed by atoms with Gasteiger partial charge in [0.1, 0.15) is 0 Å². The second-order valence-electron chi connectivity index (χ2n) is 5.46. The molecule has 1 N–H and O–H groups in total. The van der Waals surface area contributed by atoms with Crippen molar-refractivity contribution in [2.45, 2.75) is 26.7 Å². The minimum atomic E-state index is -3.40. The third-order valence-corrected chi connectivity index (χ3v) is 5.46. The normalized spacial score (nSPS) is 15.2. The van der Waals surface area contributed by atoms with Gasteiger partial charge in [-0.2, -0.15) is 0 Å². The predicted octanol–water partition coefficient (Wildman–Crippen LogP) is 2.12. The monoisotopic (exact) mass is 297 g/mol. The predicted molar refractivity (Wildman–Crippen MR) is 77.7 cm³/mol. The molecule has 0 saturated heterocycles. The number of hydrogen-bond acceptors (Lipinski definition) is 3. The molecule has 1 aliphatic rings. The summed E-state index contributed by atoms with van der Waals surface area (Å²) in [5.41, 5.74) is 1.35. The molecule has 0 aliphatic carbocycles. The van der Waals surface area contributed by atoms with E-state index in [0.717, 1.165) is 0 Å². The molecule has 1 aromatic carbocycles. The van der Waals surface area contributed by atoms with Crippen molar-refractivity contribution in [1.29, 1.82) is 0 Å². The van der Waals surface area contributed by atoms with Crippen LogP contribution in [0.1, 0.15) is 36.2 Å². The minimum absolute atomic E-state index is 0.0352. The number of nitrogens with zero attached hydrogens (tertiary/aromatic N) is 1. The van der Waals surface area contributed by atoms with Crippen LogP contribution < -0.4 is 4.31 Å². The van der Waals surface area contributed by atoms with E-state index in [0.29, 0.717) is 30.6 Å². The summed E-state index contributed by atoms with van der Waals surface area (Å²) in [6.07, 6.45) is 1.25. The average molecular weight is 297 g/mol. The van der Waals surface area contributed by atoms with Crippen LogP contribution in [0.15, 0.2) is 18.2 Å². The summed E-state index contributed by atoms with van der Waals surface area (Å²) in [5, 5.41) is 9.21. The number of anilines is 1. The molecule has 1 aromatic rings. The fraction of sp³-hybridized carbons (Fsp3) is 0.500. The molecule has 2 rings (SSSR count). The average Bonchev–Trinajstić information content (AvgIpc) is 2.35. The summed E-state index contributed by atoms with van der Waals surface area (Å²) in [6.45, 7) is 4.14. The van der Waals surface area contributed by atoms with E-state index in [-0.39, 0.29) is 17.2 Å². The topological polar surface area (TPSA) is 74.7 Å². The Hall–Kier alpha value is -1.56. The number of carboxylic acids is 1. The smallest absolute Gasteiger partial charge is 0.336 e. The van der Waals surface area contributed by atoms with Crippen molar-refractivity contribution in [3.8, 4) is 0 Å². The molecule has 0 bridgehead atoms. The Morgan fingerprint density at radius 2 is 2.10 bits per heavy atom. The summed E-state index contributed by atoms with van der Waals surface area (Å²) < 4.78 is 26.2. The molecule has 0 spiro atoms. The maximum atomic E-state index is 12.4. The van der Waals surface area contributed by atoms with Crippen LogP contribution in [0.3, 0.4) is 0 Å². The molecule has 1 heterocycles. The van der Waals surface area contributed by atoms with Crippen molar-refractivity contribution >= 4 is 21.7 Å². The standard InChI is InChI=1S/C14H19NO4S/c1-10(2)9-20(18,19)15-8-4-6-11-12(14(16)17)5-3-7-13(11)15/h3,5,7,10H,4,6,8-9H2,1-2H3,(H,16,17). The number of rotatable bonds is 4. The zero-order chi connectivity index (χ0) is 14.9. The highest BCUT2D eigenvalue weighted by atomic mass is 32.2. The van der Waals surface area contributed by atoms with Gasteiger partial charge in [-0.05, 0) is 36.5 Å². The number of carbonyl (C=O) groups is 1. The van der Waals surface area contributed by atoms with Gasteiger partial charge in [0.2, 0.25) is 10.0 Å². The summed E-state index contributed by atoms with van der Waals surface area (Å²) in [5.74, 6) is -0.901. The first kappa shape index (κ1) is 14.8. The van der Waals surface area contributed by atoms with Crippen molar-refractivity contribution in [3.63, 3.8) is 0 Å². The lowest BCUT2D eigenvalue weighted by Crippen LogP contribution is -2.38. The second kappa shape index (κ2) is 5.44. The first-order chi connectivity index (χ1) is 9.33. The van der Waals surface area contributed by atoms with Crippen LogP contribution in [0.5, 0.6) is 0 Å². The van der Waals surface area contributed by atoms with Crippen LogP contribution in [0.25, 0.3) is 0 Å². The fourth-order valence-corrected chi connectivity index (χ4v) is 4.49. The van der Waals surface area contributed by atoms with Crippen LogP contribution in [0, 0.1) is 5.92 Å². The van der Waals surface area contributed by atoms with Gasteiger partial charge in [-0.3, -0.25) is 4.31 Å². The molecule has 0 amide bonds. The molecule has 0 aromatic heterocycles. The van der Waals surface area contributed by atoms with E-state index in [1.807, 2.05) is 13.8 Å². The van der Waals surface area contributed by atoms with Crippen molar-refractivity contribution in [2.24, 2.45) is 5.92 Å². The molecule has 0 radical (unpaired) electrons. The van der Waals surface area contributed by atoms with Gasteiger partial charge in [-0.25, -0.2) is 13.2 Å². The molecule has 0 saturated carbocycles. The van der Waals surface area contributed by atoms with Gasteiger partial charge in [0.15, 0.2) is 0 Å². The number of sulfonamides is 1. The number of aromatic carboxylic acids is 1. The third kappa shape index (κ3) is 2.80. The van der Waals surface area contributed by atoms with Crippen LogP contribution in [-0.2, 0) is 16.4 Å². The van der Waals surface area contributed by atoms with Crippen molar-refractivity contribution < 1.29 is 18.3 Å². The lowest BCUT2D eigenvalue weighted by molar-refractivity contribution is 0.0695. The Kier molecular flexibility index (Phi) is 4.04. The number of carboxylic acid groups (broad SMARTS) is 1. The number of benzene rings is 1. The Morgan fingerprint density at radius 3 is 2.70 bits per heavy atom. The number of hydrogen-bond donors (Lipinski definition) is 1. The summed E-state index contributed by atoms with van der Waals surface area (Å²) >= 11 is 0. The van der Waals surface area contributed by atoms with Gasteiger partial charge in [0, 0.05) is 6.54 Å². The molecule has 110 valence electrons. The zero-order valence-corrected chi connectivity index (χ0v) is 12.5. The largest absolute Gasteiger partial charge is 0.478 e. The van der Waals surface area contributed by atoms with E-state index in [1.165, 1.54) is 10.4 Å². The van der Waals surface area contributed by atoms with Gasteiger partial charge in [-0.1, -0.05) is 19.9 Å². The Morgan fingerprint density at radius 1 is 1.40 bits per heavy atom. The molecule has 0 unspecified atom stereocenters. The molecular formula is C14H19NO4S. The van der Waals surface area contributed by atoms with Crippen molar-refractivity contribution in [1.82, 2.24) is 0 Å². The Balaban J connectivity index is 2.49. The van der Waals surface area contributed by atoms with Gasteiger partial charge < -0.3 is 5.11 Å². The maximum Gasteiger partial charge on any atom is 0.336 e. The van der Waals surface area contributed by atoms with Gasteiger partial charge in [0.05, 0.1) is 17.0 Å². The molecular weight excluding hydrogens is 278 g/mol. The van der Waals surface area contributed by atoms with E-state index in [9.17, 15) is 18.3 Å². The lowest BCUT2D eigenvalue weighted by atomic mass is 9.98. The highest BCUT2D eigenvalue weighted by molar-refractivity contribution is 7.92. The third-order valence-electron chi connectivity index (χ3n) is 3.32. The first-order valence-corrected chi connectivity index (χ1v) is 8.29. The fourth-order valence-electron chi connectivity index (χ4n) is 2.59. The summed E-state index contributed by atoms with van der Waals surface area (Å²) in [6, 6.07) is 4.82. The van der Waals surface area contributed by atoms with Crippen LogP contribution >= 0.6 is 0 Å². The van der Waals surface area contributed by atoms with E-state index < -0.39 is 16.0 Å². The molecule has 0 atom stereocenters. The van der Waals surface area contributed by atoms with Crippen LogP contribution in [0.2, 0.25) is 0 Å². The quantitative estimate of drug-likeness (QED) is 0.923. The highest BCUT2D eigenvalue weighted by Gasteiger charge is 2.30. The maximum absolute atomic E-state index is 12.4. The van der Waals surface area contributed by atoms with Crippen LogP contribution in [-0.4, -0.2) is 31.8 Å². The van der Waals surface area contributed by atoms with E-state index in [1.54, 1.807) is 12.1 Å². The van der Waals surface area contributed by atoms with E-state index >= 15 is 0 Å². The van der Waals surface area contributed by atoms with E-state index in [4.69, 9.17) is 0 Å². The molecule has 6 heteroatoms. The summed E-state index contributed by atoms with van der Waals surface area (Å²) in [4.78, 5) is 11.2. The van der Waals surface area contributed by atoms with Crippen molar-refractivity contribution in [2.75, 3.05) is 16.6 Å². The second-order valence-corrected chi connectivity index (χ2v) is 7.39. The molecule has 0 fully saturated rings. The Labute approximate surface area is 119 Å². The SMILES string of the molecule is CC(C)CS(=O)(=O)N1CCCc2c(C(=O)O)cccc21. The van der Waals surface area contributed by atoms with Gasteiger partial charge in [-0.15, -0.1) is 0 Å². The van der Waals surface area contributed by atoms with Gasteiger partial charge >= 0.3 is 5.97 Å². The Bertz CT molecular complexity index is 622. The first-order valence-electron chi connectivity index (χ1n) is 6.68. The molecule has 5 nitrogen and oxygen atoms in total. The van der Waals surface area contributed by atoms with Crippen LogP contribution in [0.4, 0.5) is 5.69 Å². The number of fused-ring (bicyclic) bond motifs is 1. The zero-order valence-electron chi connectivity index (χ0n) is 11.7. The van der Waals surface area contributed by atoms with E-state index in [2.05, 4.69) is 0 Å². The molecule has 20 heavy (non-hydrogen) atoms.